The van der Waals surface area contributed by atoms with E-state index in [1.54, 1.807) is 79.9 Å². The fraction of sp³-hybridized carbons (Fsp3) is 0.241. The van der Waals surface area contributed by atoms with Gasteiger partial charge in [-0.25, -0.2) is 0 Å². The molecule has 0 saturated carbocycles. The number of hydrogen-bond donors (Lipinski definition) is 1. The zero-order chi connectivity index (χ0) is 25.8. The molecule has 3 aromatic rings. The SMILES string of the molecule is CCOc1ccc(/C(O)=C2/C(=O)C(=O)N(c3ccc(OC(C)C)cc3)C2c2cccc(OC)c2)cc1. The predicted octanol–water partition coefficient (Wildman–Crippen LogP) is 5.51. The summed E-state index contributed by atoms with van der Waals surface area (Å²) in [4.78, 5) is 28.1. The minimum atomic E-state index is -0.858. The molecule has 0 aromatic heterocycles. The van der Waals surface area contributed by atoms with E-state index >= 15 is 0 Å². The normalized spacial score (nSPS) is 16.9. The first kappa shape index (κ1) is 24.9. The average molecular weight is 488 g/mol. The molecule has 3 aromatic carbocycles. The van der Waals surface area contributed by atoms with Crippen molar-refractivity contribution < 1.29 is 28.9 Å². The second-order valence-electron chi connectivity index (χ2n) is 8.56. The van der Waals surface area contributed by atoms with Crippen molar-refractivity contribution in [1.82, 2.24) is 0 Å². The van der Waals surface area contributed by atoms with E-state index in [0.717, 1.165) is 0 Å². The number of Topliss-reactive ketones (excluding diaryl/α,β-unsaturated/α-hetero) is 1. The van der Waals surface area contributed by atoms with Crippen LogP contribution < -0.4 is 19.1 Å². The third-order valence-electron chi connectivity index (χ3n) is 5.78. The molecule has 0 radical (unpaired) electrons. The fourth-order valence-electron chi connectivity index (χ4n) is 4.21. The van der Waals surface area contributed by atoms with Crippen LogP contribution in [0.25, 0.3) is 5.76 Å². The topological polar surface area (TPSA) is 85.3 Å². The van der Waals surface area contributed by atoms with Crippen molar-refractivity contribution in [3.05, 3.63) is 89.5 Å². The molecule has 0 aliphatic carbocycles. The molecule has 36 heavy (non-hydrogen) atoms. The van der Waals surface area contributed by atoms with Gasteiger partial charge in [-0.1, -0.05) is 12.1 Å². The number of hydrogen-bond acceptors (Lipinski definition) is 6. The molecule has 7 nitrogen and oxygen atoms in total. The summed E-state index contributed by atoms with van der Waals surface area (Å²) in [5, 5.41) is 11.3. The quantitative estimate of drug-likeness (QED) is 0.256. The molecule has 1 N–H and O–H groups in total. The number of ether oxygens (including phenoxy) is 3. The number of anilines is 1. The number of aliphatic hydroxyl groups is 1. The van der Waals surface area contributed by atoms with Gasteiger partial charge in [-0.3, -0.25) is 14.5 Å². The molecule has 1 unspecified atom stereocenters. The zero-order valence-electron chi connectivity index (χ0n) is 20.7. The lowest BCUT2D eigenvalue weighted by atomic mass is 9.95. The van der Waals surface area contributed by atoms with Crippen LogP contribution in [0, 0.1) is 0 Å². The first-order valence-corrected chi connectivity index (χ1v) is 11.8. The second kappa shape index (κ2) is 10.6. The lowest BCUT2D eigenvalue weighted by molar-refractivity contribution is -0.132. The van der Waals surface area contributed by atoms with Crippen LogP contribution in [0.1, 0.15) is 37.9 Å². The van der Waals surface area contributed by atoms with E-state index in [1.807, 2.05) is 20.8 Å². The van der Waals surface area contributed by atoms with Crippen LogP contribution in [0.4, 0.5) is 5.69 Å². The maximum atomic E-state index is 13.3. The summed E-state index contributed by atoms with van der Waals surface area (Å²) in [6, 6.07) is 20.0. The highest BCUT2D eigenvalue weighted by Gasteiger charge is 2.47. The lowest BCUT2D eigenvalue weighted by Gasteiger charge is -2.26. The van der Waals surface area contributed by atoms with E-state index in [0.29, 0.717) is 40.7 Å². The predicted molar refractivity (Wildman–Crippen MR) is 138 cm³/mol. The molecule has 1 aliphatic rings. The Morgan fingerprint density at radius 3 is 2.22 bits per heavy atom. The third kappa shape index (κ3) is 4.91. The van der Waals surface area contributed by atoms with Crippen LogP contribution in [0.3, 0.4) is 0 Å². The molecule has 1 amide bonds. The number of nitrogens with zero attached hydrogens (tertiary/aromatic N) is 1. The van der Waals surface area contributed by atoms with Gasteiger partial charge in [0.05, 0.1) is 31.4 Å². The summed E-state index contributed by atoms with van der Waals surface area (Å²) < 4.78 is 16.6. The van der Waals surface area contributed by atoms with E-state index in [2.05, 4.69) is 0 Å². The van der Waals surface area contributed by atoms with Crippen molar-refractivity contribution >= 4 is 23.1 Å². The Labute approximate surface area is 210 Å². The minimum absolute atomic E-state index is 0.0000742. The number of carbonyl (C=O) groups is 2. The number of amides is 1. The van der Waals surface area contributed by atoms with Crippen LogP contribution in [0.5, 0.6) is 17.2 Å². The Bertz CT molecular complexity index is 1280. The number of benzene rings is 3. The Hall–Kier alpha value is -4.26. The molecule has 7 heteroatoms. The van der Waals surface area contributed by atoms with Gasteiger partial charge in [0, 0.05) is 11.3 Å². The van der Waals surface area contributed by atoms with Crippen LogP contribution in [-0.4, -0.2) is 36.6 Å². The summed E-state index contributed by atoms with van der Waals surface area (Å²) in [5.74, 6) is 0.107. The van der Waals surface area contributed by atoms with Gasteiger partial charge in [-0.2, -0.15) is 0 Å². The van der Waals surface area contributed by atoms with Gasteiger partial charge in [-0.15, -0.1) is 0 Å². The molecule has 186 valence electrons. The number of aliphatic hydroxyl groups excluding tert-OH is 1. The lowest BCUT2D eigenvalue weighted by Crippen LogP contribution is -2.29. The summed E-state index contributed by atoms with van der Waals surface area (Å²) in [7, 11) is 1.55. The highest BCUT2D eigenvalue weighted by Crippen LogP contribution is 2.43. The number of rotatable bonds is 8. The molecule has 1 saturated heterocycles. The third-order valence-corrected chi connectivity index (χ3v) is 5.78. The van der Waals surface area contributed by atoms with E-state index in [1.165, 1.54) is 4.90 Å². The molecule has 0 spiro atoms. The van der Waals surface area contributed by atoms with E-state index in [9.17, 15) is 14.7 Å². The van der Waals surface area contributed by atoms with Crippen molar-refractivity contribution in [2.75, 3.05) is 18.6 Å². The Morgan fingerprint density at radius 2 is 1.61 bits per heavy atom. The summed E-state index contributed by atoms with van der Waals surface area (Å²) >= 11 is 0. The van der Waals surface area contributed by atoms with Gasteiger partial charge in [0.15, 0.2) is 0 Å². The monoisotopic (exact) mass is 487 g/mol. The first-order valence-electron chi connectivity index (χ1n) is 11.8. The number of ketones is 1. The molecule has 1 atom stereocenters. The van der Waals surface area contributed by atoms with Crippen LogP contribution >= 0.6 is 0 Å². The number of methoxy groups -OCH3 is 1. The van der Waals surface area contributed by atoms with Gasteiger partial charge in [0.25, 0.3) is 11.7 Å². The fourth-order valence-corrected chi connectivity index (χ4v) is 4.21. The minimum Gasteiger partial charge on any atom is -0.507 e. The van der Waals surface area contributed by atoms with Crippen molar-refractivity contribution in [3.63, 3.8) is 0 Å². The first-order chi connectivity index (χ1) is 17.3. The smallest absolute Gasteiger partial charge is 0.300 e. The van der Waals surface area contributed by atoms with Gasteiger partial charge in [0.2, 0.25) is 0 Å². The van der Waals surface area contributed by atoms with E-state index in [4.69, 9.17) is 14.2 Å². The standard InChI is InChI=1S/C29H29NO6/c1-5-35-22-13-9-19(10-14-22)27(31)25-26(20-7-6-8-24(17-20)34-4)30(29(33)28(25)32)21-11-15-23(16-12-21)36-18(2)3/h6-18,26,31H,5H2,1-4H3/b27-25-. The largest absolute Gasteiger partial charge is 0.507 e. The summed E-state index contributed by atoms with van der Waals surface area (Å²) in [6.07, 6.45) is -0.00373. The maximum Gasteiger partial charge on any atom is 0.300 e. The molecular weight excluding hydrogens is 458 g/mol. The highest BCUT2D eigenvalue weighted by molar-refractivity contribution is 6.51. The van der Waals surface area contributed by atoms with Gasteiger partial charge >= 0.3 is 0 Å². The molecule has 0 bridgehead atoms. The second-order valence-corrected chi connectivity index (χ2v) is 8.56. The maximum absolute atomic E-state index is 13.3. The van der Waals surface area contributed by atoms with Crippen molar-refractivity contribution in [3.8, 4) is 17.2 Å². The van der Waals surface area contributed by atoms with Crippen LogP contribution in [-0.2, 0) is 9.59 Å². The summed E-state index contributed by atoms with van der Waals surface area (Å²) in [6.45, 7) is 6.24. The average Bonchev–Trinajstić information content (AvgIpc) is 3.15. The van der Waals surface area contributed by atoms with Gasteiger partial charge in [-0.05, 0) is 87.0 Å². The molecular formula is C29H29NO6. The van der Waals surface area contributed by atoms with E-state index in [-0.39, 0.29) is 17.4 Å². The molecule has 1 heterocycles. The van der Waals surface area contributed by atoms with Crippen LogP contribution in [0.2, 0.25) is 0 Å². The van der Waals surface area contributed by atoms with E-state index < -0.39 is 17.7 Å². The Morgan fingerprint density at radius 1 is 0.944 bits per heavy atom. The van der Waals surface area contributed by atoms with Crippen LogP contribution in [0.15, 0.2) is 78.4 Å². The Balaban J connectivity index is 1.85. The zero-order valence-corrected chi connectivity index (χ0v) is 20.7. The molecule has 1 aliphatic heterocycles. The van der Waals surface area contributed by atoms with Gasteiger partial charge < -0.3 is 19.3 Å². The Kier molecular flexibility index (Phi) is 7.29. The number of carbonyl (C=O) groups excluding carboxylic acids is 2. The van der Waals surface area contributed by atoms with Gasteiger partial charge in [0.1, 0.15) is 23.0 Å². The summed E-state index contributed by atoms with van der Waals surface area (Å²) in [5.41, 5.74) is 1.54. The van der Waals surface area contributed by atoms with Crippen molar-refractivity contribution in [2.24, 2.45) is 0 Å². The van der Waals surface area contributed by atoms with Crippen molar-refractivity contribution in [1.29, 1.82) is 0 Å². The molecule has 1 fully saturated rings. The molecule has 4 rings (SSSR count). The highest BCUT2D eigenvalue weighted by atomic mass is 16.5. The van der Waals surface area contributed by atoms with Crippen molar-refractivity contribution in [2.45, 2.75) is 32.9 Å².